The summed E-state index contributed by atoms with van der Waals surface area (Å²) >= 11 is 0. The van der Waals surface area contributed by atoms with Crippen LogP contribution in [0.5, 0.6) is 0 Å². The number of hydrogen-bond donors (Lipinski definition) is 0. The zero-order chi connectivity index (χ0) is 15.2. The fourth-order valence-electron chi connectivity index (χ4n) is 2.50. The predicted molar refractivity (Wildman–Crippen MR) is 81.7 cm³/mol. The standard InChI is InChI=1S/C16H24FN3O/c1-18(2)6-7-19-8-10-20(11-9-19)16(21)13-14-4-3-5-15(17)12-14/h3-5,12H,6-11,13H2,1-2H3. The van der Waals surface area contributed by atoms with Crippen LogP contribution >= 0.6 is 0 Å². The monoisotopic (exact) mass is 293 g/mol. The molecule has 1 aromatic rings. The van der Waals surface area contributed by atoms with Crippen molar-refractivity contribution >= 4 is 5.91 Å². The first kappa shape index (κ1) is 15.9. The van der Waals surface area contributed by atoms with E-state index in [2.05, 4.69) is 23.9 Å². The maximum absolute atomic E-state index is 13.1. The van der Waals surface area contributed by atoms with Gasteiger partial charge < -0.3 is 9.80 Å². The van der Waals surface area contributed by atoms with E-state index in [1.807, 2.05) is 4.90 Å². The van der Waals surface area contributed by atoms with Gasteiger partial charge in [0.05, 0.1) is 6.42 Å². The summed E-state index contributed by atoms with van der Waals surface area (Å²) in [7, 11) is 4.14. The number of hydrogen-bond acceptors (Lipinski definition) is 3. The quantitative estimate of drug-likeness (QED) is 0.813. The van der Waals surface area contributed by atoms with Crippen molar-refractivity contribution < 1.29 is 9.18 Å². The molecule has 116 valence electrons. The summed E-state index contributed by atoms with van der Waals surface area (Å²) in [4.78, 5) is 18.7. The molecule has 1 fully saturated rings. The van der Waals surface area contributed by atoms with Crippen molar-refractivity contribution in [1.29, 1.82) is 0 Å². The molecule has 1 heterocycles. The molecule has 0 atom stereocenters. The molecule has 0 radical (unpaired) electrons. The fourth-order valence-corrected chi connectivity index (χ4v) is 2.50. The predicted octanol–water partition coefficient (Wildman–Crippen LogP) is 1.07. The number of benzene rings is 1. The van der Waals surface area contributed by atoms with Gasteiger partial charge in [0.1, 0.15) is 5.82 Å². The van der Waals surface area contributed by atoms with Gasteiger partial charge in [-0.3, -0.25) is 9.69 Å². The number of rotatable bonds is 5. The smallest absolute Gasteiger partial charge is 0.227 e. The second-order valence-electron chi connectivity index (χ2n) is 5.83. The third-order valence-corrected chi connectivity index (χ3v) is 3.83. The molecule has 21 heavy (non-hydrogen) atoms. The van der Waals surface area contributed by atoms with Crippen LogP contribution in [-0.2, 0) is 11.2 Å². The lowest BCUT2D eigenvalue weighted by atomic mass is 10.1. The van der Waals surface area contributed by atoms with Gasteiger partial charge >= 0.3 is 0 Å². The maximum atomic E-state index is 13.1. The minimum atomic E-state index is -0.284. The largest absolute Gasteiger partial charge is 0.340 e. The molecule has 0 saturated carbocycles. The van der Waals surface area contributed by atoms with Gasteiger partial charge in [0.2, 0.25) is 5.91 Å². The minimum absolute atomic E-state index is 0.0906. The highest BCUT2D eigenvalue weighted by molar-refractivity contribution is 5.78. The molecule has 1 aromatic carbocycles. The maximum Gasteiger partial charge on any atom is 0.227 e. The van der Waals surface area contributed by atoms with Crippen molar-refractivity contribution in [3.05, 3.63) is 35.6 Å². The van der Waals surface area contributed by atoms with E-state index in [-0.39, 0.29) is 18.1 Å². The molecule has 1 aliphatic rings. The van der Waals surface area contributed by atoms with E-state index in [1.54, 1.807) is 12.1 Å². The van der Waals surface area contributed by atoms with E-state index in [0.29, 0.717) is 0 Å². The number of carbonyl (C=O) groups excluding carboxylic acids is 1. The number of carbonyl (C=O) groups is 1. The Labute approximate surface area is 126 Å². The van der Waals surface area contributed by atoms with Gasteiger partial charge in [-0.1, -0.05) is 12.1 Å². The lowest BCUT2D eigenvalue weighted by Crippen LogP contribution is -2.50. The Morgan fingerprint density at radius 1 is 1.24 bits per heavy atom. The fraction of sp³-hybridized carbons (Fsp3) is 0.562. The van der Waals surface area contributed by atoms with Gasteiger partial charge in [0.15, 0.2) is 0 Å². The Kier molecular flexibility index (Phi) is 5.70. The van der Waals surface area contributed by atoms with Gasteiger partial charge in [0.25, 0.3) is 0 Å². The zero-order valence-corrected chi connectivity index (χ0v) is 12.9. The summed E-state index contributed by atoms with van der Waals surface area (Å²) in [6.45, 7) is 5.45. The summed E-state index contributed by atoms with van der Waals surface area (Å²) < 4.78 is 13.1. The number of amides is 1. The van der Waals surface area contributed by atoms with Crippen LogP contribution in [-0.4, -0.2) is 74.0 Å². The third kappa shape index (κ3) is 5.10. The molecule has 0 spiro atoms. The lowest BCUT2D eigenvalue weighted by molar-refractivity contribution is -0.132. The first-order chi connectivity index (χ1) is 10.0. The second kappa shape index (κ2) is 7.52. The molecule has 0 aliphatic carbocycles. The van der Waals surface area contributed by atoms with Crippen LogP contribution < -0.4 is 0 Å². The van der Waals surface area contributed by atoms with Crippen LogP contribution in [0.3, 0.4) is 0 Å². The van der Waals surface area contributed by atoms with Crippen molar-refractivity contribution in [3.63, 3.8) is 0 Å². The highest BCUT2D eigenvalue weighted by Gasteiger charge is 2.20. The molecular weight excluding hydrogens is 269 g/mol. The average Bonchev–Trinajstić information content (AvgIpc) is 2.45. The van der Waals surface area contributed by atoms with E-state index in [0.717, 1.165) is 44.8 Å². The van der Waals surface area contributed by atoms with Crippen LogP contribution in [0.1, 0.15) is 5.56 Å². The Hall–Kier alpha value is -1.46. The van der Waals surface area contributed by atoms with Gasteiger partial charge in [-0.2, -0.15) is 0 Å². The highest BCUT2D eigenvalue weighted by Crippen LogP contribution is 2.08. The second-order valence-corrected chi connectivity index (χ2v) is 5.83. The Balaban J connectivity index is 1.78. The molecule has 0 aromatic heterocycles. The Bertz CT molecular complexity index is 470. The van der Waals surface area contributed by atoms with Crippen molar-refractivity contribution in [3.8, 4) is 0 Å². The highest BCUT2D eigenvalue weighted by atomic mass is 19.1. The third-order valence-electron chi connectivity index (χ3n) is 3.83. The first-order valence-corrected chi connectivity index (χ1v) is 7.44. The topological polar surface area (TPSA) is 26.8 Å². The SMILES string of the molecule is CN(C)CCN1CCN(C(=O)Cc2cccc(F)c2)CC1. The van der Waals surface area contributed by atoms with E-state index < -0.39 is 0 Å². The van der Waals surface area contributed by atoms with Crippen LogP contribution in [0, 0.1) is 5.82 Å². The van der Waals surface area contributed by atoms with Crippen molar-refractivity contribution in [2.75, 3.05) is 53.4 Å². The molecule has 0 bridgehead atoms. The van der Waals surface area contributed by atoms with Gasteiger partial charge in [-0.05, 0) is 31.8 Å². The van der Waals surface area contributed by atoms with Crippen LogP contribution in [0.25, 0.3) is 0 Å². The molecule has 0 unspecified atom stereocenters. The normalized spacial score (nSPS) is 16.5. The molecule has 1 amide bonds. The van der Waals surface area contributed by atoms with E-state index in [4.69, 9.17) is 0 Å². The number of likely N-dealkylation sites (N-methyl/N-ethyl adjacent to an activating group) is 1. The van der Waals surface area contributed by atoms with Crippen LogP contribution in [0.2, 0.25) is 0 Å². The molecular formula is C16H24FN3O. The molecule has 4 nitrogen and oxygen atoms in total. The molecule has 1 saturated heterocycles. The Morgan fingerprint density at radius 3 is 2.57 bits per heavy atom. The van der Waals surface area contributed by atoms with Crippen LogP contribution in [0.15, 0.2) is 24.3 Å². The van der Waals surface area contributed by atoms with Gasteiger partial charge in [0, 0.05) is 39.3 Å². The average molecular weight is 293 g/mol. The van der Waals surface area contributed by atoms with E-state index in [1.165, 1.54) is 12.1 Å². The molecule has 1 aliphatic heterocycles. The Morgan fingerprint density at radius 2 is 1.95 bits per heavy atom. The van der Waals surface area contributed by atoms with Gasteiger partial charge in [-0.25, -0.2) is 4.39 Å². The molecule has 0 N–H and O–H groups in total. The summed E-state index contributed by atoms with van der Waals surface area (Å²) in [6.07, 6.45) is 0.287. The molecule has 2 rings (SSSR count). The number of piperazine rings is 1. The van der Waals surface area contributed by atoms with E-state index >= 15 is 0 Å². The summed E-state index contributed by atoms with van der Waals surface area (Å²) in [5, 5.41) is 0. The van der Waals surface area contributed by atoms with Gasteiger partial charge in [-0.15, -0.1) is 0 Å². The first-order valence-electron chi connectivity index (χ1n) is 7.44. The number of nitrogens with zero attached hydrogens (tertiary/aromatic N) is 3. The summed E-state index contributed by atoms with van der Waals surface area (Å²) in [6, 6.07) is 6.29. The minimum Gasteiger partial charge on any atom is -0.340 e. The van der Waals surface area contributed by atoms with Crippen LogP contribution in [0.4, 0.5) is 4.39 Å². The summed E-state index contributed by atoms with van der Waals surface area (Å²) in [5.74, 6) is -0.193. The summed E-state index contributed by atoms with van der Waals surface area (Å²) in [5.41, 5.74) is 0.745. The lowest BCUT2D eigenvalue weighted by Gasteiger charge is -2.35. The van der Waals surface area contributed by atoms with Crippen molar-refractivity contribution in [2.24, 2.45) is 0 Å². The van der Waals surface area contributed by atoms with Crippen molar-refractivity contribution in [2.45, 2.75) is 6.42 Å². The molecule has 5 heteroatoms. The zero-order valence-electron chi connectivity index (χ0n) is 12.9. The number of halogens is 1. The van der Waals surface area contributed by atoms with Crippen molar-refractivity contribution in [1.82, 2.24) is 14.7 Å². The van der Waals surface area contributed by atoms with E-state index in [9.17, 15) is 9.18 Å².